The first-order valence-electron chi connectivity index (χ1n) is 10.1. The smallest absolute Gasteiger partial charge is 0.331 e. The number of rotatable bonds is 6. The van der Waals surface area contributed by atoms with Crippen LogP contribution in [0.15, 0.2) is 59.6 Å². The van der Waals surface area contributed by atoms with Gasteiger partial charge in [0.2, 0.25) is 0 Å². The summed E-state index contributed by atoms with van der Waals surface area (Å²) in [6.07, 6.45) is 3.12. The number of thiocarbonyl (C=S) groups is 1. The predicted molar refractivity (Wildman–Crippen MR) is 136 cm³/mol. The van der Waals surface area contributed by atoms with E-state index in [0.29, 0.717) is 20.5 Å². The summed E-state index contributed by atoms with van der Waals surface area (Å²) in [5.74, 6) is 0.233. The summed E-state index contributed by atoms with van der Waals surface area (Å²) in [6.45, 7) is 4.00. The quantitative estimate of drug-likeness (QED) is 0.184. The molecule has 4 rings (SSSR count). The van der Waals surface area contributed by atoms with E-state index in [1.807, 2.05) is 32.0 Å². The lowest BCUT2D eigenvalue weighted by atomic mass is 10.1. The third kappa shape index (κ3) is 4.63. The molecule has 10 heteroatoms. The fourth-order valence-electron chi connectivity index (χ4n) is 3.27. The lowest BCUT2D eigenvalue weighted by molar-refractivity contribution is -0.386. The molecule has 1 aliphatic heterocycles. The van der Waals surface area contributed by atoms with Crippen molar-refractivity contribution in [1.82, 2.24) is 4.98 Å². The summed E-state index contributed by atoms with van der Waals surface area (Å²) < 4.78 is 11.5. The molecule has 2 aromatic carbocycles. The minimum Gasteiger partial charge on any atom is -0.493 e. The van der Waals surface area contributed by atoms with E-state index in [2.05, 4.69) is 4.98 Å². The van der Waals surface area contributed by atoms with Gasteiger partial charge in [-0.05, 0) is 66.9 Å². The molecule has 0 radical (unpaired) electrons. The van der Waals surface area contributed by atoms with Gasteiger partial charge in [0.05, 0.1) is 22.6 Å². The molecule has 8 nitrogen and oxygen atoms in total. The van der Waals surface area contributed by atoms with Crippen LogP contribution in [0.25, 0.3) is 6.08 Å². The van der Waals surface area contributed by atoms with Gasteiger partial charge < -0.3 is 9.47 Å². The number of amides is 1. The normalized spacial score (nSPS) is 14.6. The summed E-state index contributed by atoms with van der Waals surface area (Å²) in [7, 11) is 1.46. The third-order valence-corrected chi connectivity index (χ3v) is 6.48. The molecule has 1 fully saturated rings. The largest absolute Gasteiger partial charge is 0.493 e. The molecular formula is C24H19N3O5S2. The fourth-order valence-corrected chi connectivity index (χ4v) is 4.57. The predicted octanol–water partition coefficient (Wildman–Crippen LogP) is 5.81. The van der Waals surface area contributed by atoms with Crippen molar-refractivity contribution in [3.8, 4) is 17.4 Å². The monoisotopic (exact) mass is 493 g/mol. The Hall–Kier alpha value is -3.76. The van der Waals surface area contributed by atoms with Crippen molar-refractivity contribution in [3.63, 3.8) is 0 Å². The maximum atomic E-state index is 13.1. The van der Waals surface area contributed by atoms with Crippen LogP contribution in [0.4, 0.5) is 11.4 Å². The Kier molecular flexibility index (Phi) is 6.62. The molecule has 0 aliphatic carbocycles. The number of thioether (sulfide) groups is 1. The number of hydrogen-bond donors (Lipinski definition) is 0. The molecule has 1 aliphatic rings. The second-order valence-corrected chi connectivity index (χ2v) is 9.06. The van der Waals surface area contributed by atoms with Crippen molar-refractivity contribution in [2.45, 2.75) is 13.8 Å². The highest BCUT2D eigenvalue weighted by Gasteiger charge is 2.33. The number of aromatic nitrogens is 1. The number of nitrogens with zero attached hydrogens (tertiary/aromatic N) is 3. The van der Waals surface area contributed by atoms with Gasteiger partial charge in [0, 0.05) is 12.3 Å². The maximum Gasteiger partial charge on any atom is 0.331 e. The van der Waals surface area contributed by atoms with Crippen molar-refractivity contribution in [2.75, 3.05) is 12.0 Å². The molecule has 0 unspecified atom stereocenters. The van der Waals surface area contributed by atoms with Crippen LogP contribution in [-0.4, -0.2) is 27.2 Å². The van der Waals surface area contributed by atoms with Crippen LogP contribution in [0.5, 0.6) is 17.4 Å². The Bertz CT molecular complexity index is 1360. The molecule has 2 heterocycles. The molecule has 0 spiro atoms. The fraction of sp³-hybridized carbons (Fsp3) is 0.125. The Morgan fingerprint density at radius 3 is 2.62 bits per heavy atom. The number of anilines is 1. The molecule has 1 aromatic heterocycles. The zero-order valence-electron chi connectivity index (χ0n) is 18.5. The number of aryl methyl sites for hydroxylation is 2. The Balaban J connectivity index is 1.61. The van der Waals surface area contributed by atoms with Crippen LogP contribution in [0.3, 0.4) is 0 Å². The van der Waals surface area contributed by atoms with Crippen molar-refractivity contribution >= 4 is 51.7 Å². The highest BCUT2D eigenvalue weighted by atomic mass is 32.2. The lowest BCUT2D eigenvalue weighted by Gasteiger charge is -2.16. The first kappa shape index (κ1) is 23.4. The van der Waals surface area contributed by atoms with Gasteiger partial charge in [0.25, 0.3) is 11.8 Å². The second-order valence-electron chi connectivity index (χ2n) is 7.38. The number of pyridine rings is 1. The molecule has 1 saturated heterocycles. The standard InChI is InChI=1S/C24H19N3O5S2/c1-14-6-8-17(11-15(14)2)26-23(28)21(34-24(26)33)13-16-7-9-19(20(12-16)31-3)32-22-18(27(29)30)5-4-10-25-22/h4-13H,1-3H3/b21-13-. The minimum absolute atomic E-state index is 0.146. The van der Waals surface area contributed by atoms with Gasteiger partial charge in [-0.2, -0.15) is 0 Å². The second kappa shape index (κ2) is 9.62. The van der Waals surface area contributed by atoms with E-state index in [0.717, 1.165) is 16.8 Å². The minimum atomic E-state index is -0.569. The zero-order chi connectivity index (χ0) is 24.4. The van der Waals surface area contributed by atoms with E-state index in [1.54, 1.807) is 24.3 Å². The number of carbonyl (C=O) groups is 1. The van der Waals surface area contributed by atoms with Crippen LogP contribution in [0.1, 0.15) is 16.7 Å². The van der Waals surface area contributed by atoms with Crippen molar-refractivity contribution in [1.29, 1.82) is 0 Å². The van der Waals surface area contributed by atoms with Crippen LogP contribution >= 0.6 is 24.0 Å². The van der Waals surface area contributed by atoms with Gasteiger partial charge in [-0.25, -0.2) is 4.98 Å². The van der Waals surface area contributed by atoms with Crippen LogP contribution < -0.4 is 14.4 Å². The van der Waals surface area contributed by atoms with Crippen LogP contribution in [0, 0.1) is 24.0 Å². The highest BCUT2D eigenvalue weighted by Crippen LogP contribution is 2.39. The number of carbonyl (C=O) groups excluding carboxylic acids is 1. The van der Waals surface area contributed by atoms with Gasteiger partial charge in [-0.3, -0.25) is 19.8 Å². The first-order chi connectivity index (χ1) is 16.3. The first-order valence-corrected chi connectivity index (χ1v) is 11.3. The number of benzene rings is 2. The van der Waals surface area contributed by atoms with E-state index < -0.39 is 4.92 Å². The van der Waals surface area contributed by atoms with E-state index in [4.69, 9.17) is 21.7 Å². The van der Waals surface area contributed by atoms with E-state index in [9.17, 15) is 14.9 Å². The molecule has 0 atom stereocenters. The van der Waals surface area contributed by atoms with Gasteiger partial charge in [-0.15, -0.1) is 0 Å². The van der Waals surface area contributed by atoms with Crippen molar-refractivity contribution in [3.05, 3.63) is 86.4 Å². The lowest BCUT2D eigenvalue weighted by Crippen LogP contribution is -2.27. The Labute approximate surface area is 205 Å². The van der Waals surface area contributed by atoms with Gasteiger partial charge in [0.15, 0.2) is 15.8 Å². The van der Waals surface area contributed by atoms with Crippen molar-refractivity contribution in [2.24, 2.45) is 0 Å². The van der Waals surface area contributed by atoms with E-state index in [1.165, 1.54) is 42.1 Å². The molecule has 0 N–H and O–H groups in total. The molecule has 172 valence electrons. The number of hydrogen-bond acceptors (Lipinski definition) is 8. The maximum absolute atomic E-state index is 13.1. The molecule has 1 amide bonds. The SMILES string of the molecule is COc1cc(/C=C2\SC(=S)N(c3ccc(C)c(C)c3)C2=O)ccc1Oc1ncccc1[N+](=O)[O-]. The summed E-state index contributed by atoms with van der Waals surface area (Å²) in [5, 5.41) is 11.2. The topological polar surface area (TPSA) is 94.8 Å². The summed E-state index contributed by atoms with van der Waals surface area (Å²) in [5.41, 5.74) is 3.36. The average Bonchev–Trinajstić information content (AvgIpc) is 3.09. The van der Waals surface area contributed by atoms with E-state index in [-0.39, 0.29) is 23.2 Å². The van der Waals surface area contributed by atoms with Crippen LogP contribution in [0.2, 0.25) is 0 Å². The third-order valence-electron chi connectivity index (χ3n) is 5.18. The number of nitro groups is 1. The van der Waals surface area contributed by atoms with Crippen LogP contribution in [-0.2, 0) is 4.79 Å². The van der Waals surface area contributed by atoms with Gasteiger partial charge >= 0.3 is 5.69 Å². The molecule has 0 saturated carbocycles. The van der Waals surface area contributed by atoms with E-state index >= 15 is 0 Å². The Morgan fingerprint density at radius 1 is 1.12 bits per heavy atom. The summed E-state index contributed by atoms with van der Waals surface area (Å²) in [4.78, 5) is 29.7. The molecule has 34 heavy (non-hydrogen) atoms. The molecule has 0 bridgehead atoms. The summed E-state index contributed by atoms with van der Waals surface area (Å²) >= 11 is 6.68. The number of ether oxygens (including phenoxy) is 2. The summed E-state index contributed by atoms with van der Waals surface area (Å²) in [6, 6.07) is 13.5. The zero-order valence-corrected chi connectivity index (χ0v) is 20.1. The average molecular weight is 494 g/mol. The number of methoxy groups -OCH3 is 1. The highest BCUT2D eigenvalue weighted by molar-refractivity contribution is 8.27. The Morgan fingerprint density at radius 2 is 1.91 bits per heavy atom. The van der Waals surface area contributed by atoms with Gasteiger partial charge in [-0.1, -0.05) is 36.1 Å². The molecular weight excluding hydrogens is 474 g/mol. The van der Waals surface area contributed by atoms with Gasteiger partial charge in [0.1, 0.15) is 0 Å². The molecule has 3 aromatic rings. The van der Waals surface area contributed by atoms with Crippen molar-refractivity contribution < 1.29 is 19.2 Å².